The van der Waals surface area contributed by atoms with Gasteiger partial charge in [-0.3, -0.25) is 15.1 Å². The maximum absolute atomic E-state index is 14.8. The first-order valence-electron chi connectivity index (χ1n) is 10.1. The number of nitrogens with zero attached hydrogens (tertiary/aromatic N) is 3. The summed E-state index contributed by atoms with van der Waals surface area (Å²) in [7, 11) is 0. The van der Waals surface area contributed by atoms with Gasteiger partial charge >= 0.3 is 0 Å². The van der Waals surface area contributed by atoms with Gasteiger partial charge in [0.25, 0.3) is 5.69 Å². The molecular weight excluding hydrogens is 443 g/mol. The maximum atomic E-state index is 14.8. The van der Waals surface area contributed by atoms with Crippen LogP contribution in [0.5, 0.6) is 0 Å². The van der Waals surface area contributed by atoms with E-state index in [4.69, 9.17) is 16.6 Å². The molecule has 1 saturated heterocycles. The summed E-state index contributed by atoms with van der Waals surface area (Å²) in [6, 6.07) is 20.8. The van der Waals surface area contributed by atoms with Gasteiger partial charge in [-0.15, -0.1) is 0 Å². The smallest absolute Gasteiger partial charge is 0.269 e. The Bertz CT molecular complexity index is 1330. The van der Waals surface area contributed by atoms with Crippen molar-refractivity contribution in [2.45, 2.75) is 12.1 Å². The lowest BCUT2D eigenvalue weighted by atomic mass is 10.0. The van der Waals surface area contributed by atoms with Gasteiger partial charge in [-0.25, -0.2) is 4.39 Å². The zero-order valence-electron chi connectivity index (χ0n) is 17.1. The van der Waals surface area contributed by atoms with Gasteiger partial charge in [0.2, 0.25) is 0 Å². The Kier molecular flexibility index (Phi) is 5.31. The van der Waals surface area contributed by atoms with Crippen LogP contribution in [0.4, 0.5) is 15.8 Å². The number of pyridine rings is 1. The minimum atomic E-state index is -0.504. The molecule has 2 atom stereocenters. The highest BCUT2D eigenvalue weighted by molar-refractivity contribution is 7.80. The predicted molar refractivity (Wildman–Crippen MR) is 125 cm³/mol. The minimum Gasteiger partial charge on any atom is -0.459 e. The quantitative estimate of drug-likeness (QED) is 0.237. The number of thiocarbonyl (C=S) groups is 1. The Morgan fingerprint density at radius 2 is 1.79 bits per heavy atom. The van der Waals surface area contributed by atoms with Crippen molar-refractivity contribution in [2.75, 3.05) is 4.90 Å². The highest BCUT2D eigenvalue weighted by Gasteiger charge is 2.43. The van der Waals surface area contributed by atoms with Crippen LogP contribution in [0.1, 0.15) is 23.5 Å². The lowest BCUT2D eigenvalue weighted by Crippen LogP contribution is -2.30. The van der Waals surface area contributed by atoms with Gasteiger partial charge in [-0.1, -0.05) is 18.2 Å². The van der Waals surface area contributed by atoms with Gasteiger partial charge in [0, 0.05) is 23.9 Å². The Balaban J connectivity index is 1.58. The first-order valence-corrected chi connectivity index (χ1v) is 10.5. The van der Waals surface area contributed by atoms with Crippen LogP contribution in [0, 0.1) is 15.9 Å². The van der Waals surface area contributed by atoms with Gasteiger partial charge < -0.3 is 14.6 Å². The molecule has 0 unspecified atom stereocenters. The zero-order chi connectivity index (χ0) is 22.9. The molecule has 164 valence electrons. The molecule has 1 fully saturated rings. The van der Waals surface area contributed by atoms with Gasteiger partial charge in [-0.2, -0.15) is 0 Å². The topological polar surface area (TPSA) is 84.4 Å². The molecule has 0 aliphatic carbocycles. The summed E-state index contributed by atoms with van der Waals surface area (Å²) in [6.07, 6.45) is 1.69. The van der Waals surface area contributed by atoms with Crippen molar-refractivity contribution in [3.05, 3.63) is 112 Å². The fourth-order valence-electron chi connectivity index (χ4n) is 3.96. The van der Waals surface area contributed by atoms with E-state index in [1.54, 1.807) is 53.6 Å². The molecule has 1 aliphatic heterocycles. The lowest BCUT2D eigenvalue weighted by molar-refractivity contribution is -0.384. The van der Waals surface area contributed by atoms with E-state index in [2.05, 4.69) is 10.3 Å². The van der Waals surface area contributed by atoms with Gasteiger partial charge in [0.1, 0.15) is 23.4 Å². The average Bonchev–Trinajstić information content (AvgIpc) is 3.45. The molecule has 33 heavy (non-hydrogen) atoms. The minimum absolute atomic E-state index is 0.00295. The summed E-state index contributed by atoms with van der Waals surface area (Å²) < 4.78 is 21.0. The largest absolute Gasteiger partial charge is 0.459 e. The standard InChI is InChI=1S/C24H17FN4O3S/c25-17-5-1-2-7-19(17)28-23(22(27-24(28)33)18-6-3-4-14-26-18)21-13-12-20(32-21)15-8-10-16(11-9-15)29(30)31/h1-14,22-23H,(H,27,33)/t22-,23-/m1/s1. The second-order valence-electron chi connectivity index (χ2n) is 7.45. The fraction of sp³-hybridized carbons (Fsp3) is 0.0833. The molecule has 5 rings (SSSR count). The highest BCUT2D eigenvalue weighted by Crippen LogP contribution is 2.43. The van der Waals surface area contributed by atoms with E-state index in [0.717, 1.165) is 5.69 Å². The van der Waals surface area contributed by atoms with Crippen LogP contribution in [-0.4, -0.2) is 15.0 Å². The number of hydrogen-bond donors (Lipinski definition) is 1. The van der Waals surface area contributed by atoms with Crippen LogP contribution >= 0.6 is 12.2 Å². The second kappa shape index (κ2) is 8.44. The number of rotatable bonds is 5. The number of para-hydroxylation sites is 1. The van der Waals surface area contributed by atoms with Crippen molar-refractivity contribution in [3.8, 4) is 11.3 Å². The lowest BCUT2D eigenvalue weighted by Gasteiger charge is -2.26. The predicted octanol–water partition coefficient (Wildman–Crippen LogP) is 5.57. The number of nitro benzene ring substituents is 1. The molecule has 0 spiro atoms. The molecule has 0 bridgehead atoms. The van der Waals surface area contributed by atoms with Crippen molar-refractivity contribution in [1.82, 2.24) is 10.3 Å². The SMILES string of the molecule is O=[N+]([O-])c1ccc(-c2ccc([C@@H]3[C@@H](c4ccccn4)NC(=S)N3c3ccccc3F)o2)cc1. The monoisotopic (exact) mass is 460 g/mol. The van der Waals surface area contributed by atoms with Crippen molar-refractivity contribution in [2.24, 2.45) is 0 Å². The molecule has 4 aromatic rings. The number of anilines is 1. The molecule has 2 aromatic heterocycles. The number of nitrogens with one attached hydrogen (secondary N) is 1. The van der Waals surface area contributed by atoms with E-state index in [1.807, 2.05) is 18.2 Å². The number of non-ortho nitro benzene ring substituents is 1. The van der Waals surface area contributed by atoms with Crippen LogP contribution in [-0.2, 0) is 0 Å². The van der Waals surface area contributed by atoms with Gasteiger partial charge in [-0.05, 0) is 60.7 Å². The Morgan fingerprint density at radius 1 is 1.03 bits per heavy atom. The summed E-state index contributed by atoms with van der Waals surface area (Å²) in [4.78, 5) is 16.7. The molecule has 2 aromatic carbocycles. The van der Waals surface area contributed by atoms with Crippen molar-refractivity contribution in [3.63, 3.8) is 0 Å². The Hall–Kier alpha value is -4.11. The normalized spacial score (nSPS) is 17.7. The van der Waals surface area contributed by atoms with Crippen LogP contribution in [0.2, 0.25) is 0 Å². The third-order valence-corrected chi connectivity index (χ3v) is 5.81. The van der Waals surface area contributed by atoms with E-state index in [1.165, 1.54) is 18.2 Å². The third kappa shape index (κ3) is 3.83. The van der Waals surface area contributed by atoms with E-state index >= 15 is 0 Å². The highest BCUT2D eigenvalue weighted by atomic mass is 32.1. The number of aromatic nitrogens is 1. The number of furan rings is 1. The van der Waals surface area contributed by atoms with Crippen LogP contribution in [0.3, 0.4) is 0 Å². The van der Waals surface area contributed by atoms with E-state index in [9.17, 15) is 14.5 Å². The summed E-state index contributed by atoms with van der Waals surface area (Å²) in [5, 5.41) is 14.6. The van der Waals surface area contributed by atoms with Gasteiger partial charge in [0.05, 0.1) is 22.3 Å². The second-order valence-corrected chi connectivity index (χ2v) is 7.84. The Morgan fingerprint density at radius 3 is 2.48 bits per heavy atom. The first-order chi connectivity index (χ1) is 16.0. The molecule has 9 heteroatoms. The van der Waals surface area contributed by atoms with E-state index < -0.39 is 16.8 Å². The average molecular weight is 460 g/mol. The summed E-state index contributed by atoms with van der Waals surface area (Å²) in [6.45, 7) is 0. The van der Waals surface area contributed by atoms with Crippen molar-refractivity contribution < 1.29 is 13.7 Å². The first kappa shape index (κ1) is 20.8. The fourth-order valence-corrected chi connectivity index (χ4v) is 4.30. The van der Waals surface area contributed by atoms with Crippen molar-refractivity contribution in [1.29, 1.82) is 0 Å². The molecule has 1 aliphatic rings. The van der Waals surface area contributed by atoms with Crippen LogP contribution < -0.4 is 10.2 Å². The molecule has 1 N–H and O–H groups in total. The number of benzene rings is 2. The van der Waals surface area contributed by atoms with E-state index in [0.29, 0.717) is 27.9 Å². The Labute approximate surface area is 193 Å². The molecular formula is C24H17FN4O3S. The molecule has 7 nitrogen and oxygen atoms in total. The summed E-state index contributed by atoms with van der Waals surface area (Å²) in [5.74, 6) is 0.677. The van der Waals surface area contributed by atoms with Crippen LogP contribution in [0.25, 0.3) is 11.3 Å². The number of hydrogen-bond acceptors (Lipinski definition) is 5. The van der Waals surface area contributed by atoms with Gasteiger partial charge in [0.15, 0.2) is 5.11 Å². The summed E-state index contributed by atoms with van der Waals surface area (Å²) in [5.41, 5.74) is 1.74. The third-order valence-electron chi connectivity index (χ3n) is 5.49. The molecule has 3 heterocycles. The zero-order valence-corrected chi connectivity index (χ0v) is 17.9. The molecule has 0 saturated carbocycles. The van der Waals surface area contributed by atoms with E-state index in [-0.39, 0.29) is 11.7 Å². The maximum Gasteiger partial charge on any atom is 0.269 e. The van der Waals surface area contributed by atoms with Crippen molar-refractivity contribution >= 4 is 28.7 Å². The number of nitro groups is 1. The summed E-state index contributed by atoms with van der Waals surface area (Å²) >= 11 is 5.59. The number of halogens is 1. The van der Waals surface area contributed by atoms with Crippen LogP contribution in [0.15, 0.2) is 89.5 Å². The molecule has 0 amide bonds. The molecule has 0 radical (unpaired) electrons.